The van der Waals surface area contributed by atoms with Crippen LogP contribution in [0.25, 0.3) is 21.5 Å². The highest BCUT2D eigenvalue weighted by Gasteiger charge is 2.22. The number of aldehydes is 1. The second-order valence-electron chi connectivity index (χ2n) is 6.63. The topological polar surface area (TPSA) is 122 Å². The summed E-state index contributed by atoms with van der Waals surface area (Å²) in [4.78, 5) is 22.5. The summed E-state index contributed by atoms with van der Waals surface area (Å²) in [5, 5.41) is 11.6. The molecule has 0 unspecified atom stereocenters. The first-order valence-electron chi connectivity index (χ1n) is 9.08. The van der Waals surface area contributed by atoms with Crippen molar-refractivity contribution in [2.24, 2.45) is 0 Å². The second kappa shape index (κ2) is 8.15. The van der Waals surface area contributed by atoms with Crippen LogP contribution in [0, 0.1) is 0 Å². The third kappa shape index (κ3) is 3.97. The lowest BCUT2D eigenvalue weighted by Crippen LogP contribution is -2.27. The molecule has 0 bridgehead atoms. The van der Waals surface area contributed by atoms with Gasteiger partial charge >= 0.3 is 16.1 Å². The molecule has 0 radical (unpaired) electrons. The normalized spacial score (nSPS) is 11.5. The molecular formula is C22H16N2O6S. The molecular weight excluding hydrogens is 420 g/mol. The number of carboxylic acids is 1. The number of anilines is 1. The van der Waals surface area contributed by atoms with Gasteiger partial charge in [0.1, 0.15) is 4.90 Å². The molecule has 8 nitrogen and oxygen atoms in total. The number of rotatable bonds is 7. The standard InChI is InChI=1S/C22H16N2O6S/c25-13-16-10-9-14-5-1-4-8-19(14)21(16)23-24-30-31(28,29)20-12-17(22(26)27)11-15-6-2-3-7-18(15)20/h1-13,23-24H,(H,26,27). The van der Waals surface area contributed by atoms with Gasteiger partial charge in [0.25, 0.3) is 0 Å². The summed E-state index contributed by atoms with van der Waals surface area (Å²) in [6, 6.07) is 19.5. The Kier molecular flexibility index (Phi) is 5.38. The van der Waals surface area contributed by atoms with E-state index < -0.39 is 16.1 Å². The minimum atomic E-state index is -4.41. The summed E-state index contributed by atoms with van der Waals surface area (Å²) in [5.74, 6) is -1.26. The fourth-order valence-electron chi connectivity index (χ4n) is 3.30. The molecule has 0 heterocycles. The van der Waals surface area contributed by atoms with Gasteiger partial charge in [-0.15, -0.1) is 0 Å². The van der Waals surface area contributed by atoms with Gasteiger partial charge in [0.15, 0.2) is 6.29 Å². The van der Waals surface area contributed by atoms with Crippen LogP contribution in [0.5, 0.6) is 0 Å². The van der Waals surface area contributed by atoms with Crippen LogP contribution in [0.3, 0.4) is 0 Å². The Balaban J connectivity index is 1.67. The number of carbonyl (C=O) groups is 2. The monoisotopic (exact) mass is 436 g/mol. The Bertz CT molecular complexity index is 1430. The van der Waals surface area contributed by atoms with Crippen molar-refractivity contribution in [2.75, 3.05) is 5.43 Å². The van der Waals surface area contributed by atoms with E-state index in [0.29, 0.717) is 33.7 Å². The van der Waals surface area contributed by atoms with Crippen molar-refractivity contribution in [1.82, 2.24) is 5.59 Å². The van der Waals surface area contributed by atoms with Crippen molar-refractivity contribution >= 4 is 49.6 Å². The first-order valence-corrected chi connectivity index (χ1v) is 10.5. The average Bonchev–Trinajstić information content (AvgIpc) is 2.78. The Morgan fingerprint density at radius 1 is 0.903 bits per heavy atom. The maximum Gasteiger partial charge on any atom is 0.335 e. The maximum atomic E-state index is 12.8. The summed E-state index contributed by atoms with van der Waals surface area (Å²) in [5.41, 5.74) is 5.24. The lowest BCUT2D eigenvalue weighted by atomic mass is 10.1. The third-order valence-electron chi connectivity index (χ3n) is 4.76. The van der Waals surface area contributed by atoms with E-state index in [1.165, 1.54) is 6.07 Å². The summed E-state index contributed by atoms with van der Waals surface area (Å²) in [6.45, 7) is 0. The number of carbonyl (C=O) groups excluding carboxylic acids is 1. The third-order valence-corrected chi connectivity index (χ3v) is 5.93. The summed E-state index contributed by atoms with van der Waals surface area (Å²) < 4.78 is 30.6. The number of aromatic carboxylic acids is 1. The van der Waals surface area contributed by atoms with E-state index in [1.807, 2.05) is 12.1 Å². The van der Waals surface area contributed by atoms with Crippen LogP contribution in [-0.2, 0) is 14.4 Å². The van der Waals surface area contributed by atoms with Gasteiger partial charge < -0.3 is 5.11 Å². The van der Waals surface area contributed by atoms with Gasteiger partial charge in [-0.2, -0.15) is 12.7 Å². The number of hydrogen-bond acceptors (Lipinski definition) is 7. The molecule has 0 aliphatic carbocycles. The summed E-state index contributed by atoms with van der Waals surface area (Å²) >= 11 is 0. The van der Waals surface area contributed by atoms with Gasteiger partial charge in [0.2, 0.25) is 0 Å². The molecule has 0 saturated heterocycles. The molecule has 0 spiro atoms. The first kappa shape index (κ1) is 20.5. The predicted molar refractivity (Wildman–Crippen MR) is 115 cm³/mol. The van der Waals surface area contributed by atoms with Crippen molar-refractivity contribution in [3.8, 4) is 0 Å². The van der Waals surface area contributed by atoms with Crippen LogP contribution >= 0.6 is 0 Å². The van der Waals surface area contributed by atoms with Gasteiger partial charge in [-0.05, 0) is 29.0 Å². The van der Waals surface area contributed by atoms with Gasteiger partial charge in [-0.25, -0.2) is 4.79 Å². The van der Waals surface area contributed by atoms with Gasteiger partial charge in [-0.3, -0.25) is 10.2 Å². The van der Waals surface area contributed by atoms with E-state index in [0.717, 1.165) is 11.5 Å². The zero-order chi connectivity index (χ0) is 22.0. The zero-order valence-electron chi connectivity index (χ0n) is 15.9. The largest absolute Gasteiger partial charge is 0.478 e. The Labute approximate surface area is 177 Å². The van der Waals surface area contributed by atoms with Crippen molar-refractivity contribution in [1.29, 1.82) is 0 Å². The fourth-order valence-corrected chi connectivity index (χ4v) is 4.27. The molecule has 9 heteroatoms. The minimum Gasteiger partial charge on any atom is -0.478 e. The summed E-state index contributed by atoms with van der Waals surface area (Å²) in [7, 11) is -4.41. The number of nitrogens with one attached hydrogen (secondary N) is 2. The van der Waals surface area contributed by atoms with E-state index in [1.54, 1.807) is 48.5 Å². The van der Waals surface area contributed by atoms with Crippen molar-refractivity contribution in [3.05, 3.63) is 83.9 Å². The molecule has 0 saturated carbocycles. The number of fused-ring (bicyclic) bond motifs is 2. The number of hydrogen-bond donors (Lipinski definition) is 3. The fraction of sp³-hybridized carbons (Fsp3) is 0. The maximum absolute atomic E-state index is 12.8. The number of hydrazine groups is 1. The van der Waals surface area contributed by atoms with Crippen molar-refractivity contribution < 1.29 is 27.4 Å². The van der Waals surface area contributed by atoms with Crippen molar-refractivity contribution in [3.63, 3.8) is 0 Å². The molecule has 0 amide bonds. The molecule has 4 aromatic carbocycles. The van der Waals surface area contributed by atoms with E-state index in [-0.39, 0.29) is 10.5 Å². The quantitative estimate of drug-likeness (QED) is 0.296. The molecule has 31 heavy (non-hydrogen) atoms. The van der Waals surface area contributed by atoms with E-state index >= 15 is 0 Å². The van der Waals surface area contributed by atoms with Crippen LogP contribution in [0.15, 0.2) is 77.7 Å². The van der Waals surface area contributed by atoms with Crippen LogP contribution < -0.4 is 11.0 Å². The van der Waals surface area contributed by atoms with Gasteiger partial charge in [0, 0.05) is 16.3 Å². The Morgan fingerprint density at radius 3 is 2.29 bits per heavy atom. The first-order chi connectivity index (χ1) is 14.9. The van der Waals surface area contributed by atoms with Crippen LogP contribution in [0.2, 0.25) is 0 Å². The van der Waals surface area contributed by atoms with Crippen LogP contribution in [-0.4, -0.2) is 25.8 Å². The highest BCUT2D eigenvalue weighted by molar-refractivity contribution is 7.87. The molecule has 156 valence electrons. The minimum absolute atomic E-state index is 0.189. The summed E-state index contributed by atoms with van der Waals surface area (Å²) in [6.07, 6.45) is 0.634. The zero-order valence-corrected chi connectivity index (χ0v) is 16.7. The number of benzene rings is 4. The van der Waals surface area contributed by atoms with Crippen molar-refractivity contribution in [2.45, 2.75) is 4.90 Å². The molecule has 3 N–H and O–H groups in total. The SMILES string of the molecule is O=Cc1ccc2ccccc2c1NNOS(=O)(=O)c1cc(C(=O)O)cc2ccccc12. The van der Waals surface area contributed by atoms with Crippen LogP contribution in [0.1, 0.15) is 20.7 Å². The smallest absolute Gasteiger partial charge is 0.335 e. The molecule has 0 atom stereocenters. The molecule has 0 aliphatic heterocycles. The van der Waals surface area contributed by atoms with E-state index in [9.17, 15) is 23.1 Å². The lowest BCUT2D eigenvalue weighted by molar-refractivity contribution is 0.0696. The second-order valence-corrected chi connectivity index (χ2v) is 8.15. The molecule has 0 aromatic heterocycles. The highest BCUT2D eigenvalue weighted by atomic mass is 32.2. The molecule has 4 rings (SSSR count). The average molecular weight is 436 g/mol. The predicted octanol–water partition coefficient (Wildman–Crippen LogP) is 3.74. The lowest BCUT2D eigenvalue weighted by Gasteiger charge is -2.14. The van der Waals surface area contributed by atoms with Gasteiger partial charge in [0.05, 0.1) is 11.3 Å². The van der Waals surface area contributed by atoms with Gasteiger partial charge in [-0.1, -0.05) is 60.2 Å². The van der Waals surface area contributed by atoms with E-state index in [2.05, 4.69) is 11.0 Å². The van der Waals surface area contributed by atoms with Crippen LogP contribution in [0.4, 0.5) is 5.69 Å². The molecule has 4 aromatic rings. The molecule has 0 aliphatic rings. The Hall–Kier alpha value is -3.79. The highest BCUT2D eigenvalue weighted by Crippen LogP contribution is 2.28. The Morgan fingerprint density at radius 2 is 1.58 bits per heavy atom. The number of carboxylic acid groups (broad SMARTS) is 1. The molecule has 0 fully saturated rings. The van der Waals surface area contributed by atoms with E-state index in [4.69, 9.17) is 4.28 Å².